The number of alkyl carbamates (subject to hydrolysis) is 1. The number of carbonyl (C=O) groups excluding carboxylic acids is 1. The van der Waals surface area contributed by atoms with Gasteiger partial charge in [0, 0.05) is 17.8 Å². The van der Waals surface area contributed by atoms with Gasteiger partial charge < -0.3 is 14.8 Å². The minimum atomic E-state index is -0.509. The van der Waals surface area contributed by atoms with E-state index in [1.807, 2.05) is 58.0 Å². The fourth-order valence-corrected chi connectivity index (χ4v) is 2.19. The highest BCUT2D eigenvalue weighted by molar-refractivity contribution is 5.80. The molecular weight excluding hydrogens is 318 g/mol. The summed E-state index contributed by atoms with van der Waals surface area (Å²) in [7, 11) is 0. The molecule has 25 heavy (non-hydrogen) atoms. The fraction of sp³-hybridized carbons (Fsp3) is 0.421. The predicted molar refractivity (Wildman–Crippen MR) is 95.4 cm³/mol. The molecule has 0 radical (unpaired) electrons. The van der Waals surface area contributed by atoms with E-state index in [1.54, 1.807) is 6.07 Å². The van der Waals surface area contributed by atoms with Crippen LogP contribution in [0, 0.1) is 11.3 Å². The maximum absolute atomic E-state index is 11.7. The Morgan fingerprint density at radius 3 is 2.76 bits per heavy atom. The number of fused-ring (bicyclic) bond motifs is 1. The summed E-state index contributed by atoms with van der Waals surface area (Å²) in [5, 5.41) is 12.6. The highest BCUT2D eigenvalue weighted by atomic mass is 16.6. The second-order valence-electron chi connectivity index (χ2n) is 6.85. The Kier molecular flexibility index (Phi) is 5.81. The van der Waals surface area contributed by atoms with Gasteiger partial charge >= 0.3 is 6.09 Å². The van der Waals surface area contributed by atoms with Gasteiger partial charge in [0.1, 0.15) is 23.1 Å². The van der Waals surface area contributed by atoms with Crippen LogP contribution < -0.4 is 10.1 Å². The third-order valence-electron chi connectivity index (χ3n) is 3.36. The maximum Gasteiger partial charge on any atom is 0.407 e. The molecule has 1 aromatic heterocycles. The van der Waals surface area contributed by atoms with Crippen molar-refractivity contribution in [3.63, 3.8) is 0 Å². The molecule has 0 aliphatic rings. The van der Waals surface area contributed by atoms with Crippen molar-refractivity contribution in [3.05, 3.63) is 36.0 Å². The van der Waals surface area contributed by atoms with Crippen LogP contribution in [0.2, 0.25) is 0 Å². The van der Waals surface area contributed by atoms with Crippen molar-refractivity contribution < 1.29 is 14.3 Å². The van der Waals surface area contributed by atoms with Crippen LogP contribution >= 0.6 is 0 Å². The van der Waals surface area contributed by atoms with Crippen molar-refractivity contribution in [2.75, 3.05) is 6.61 Å². The largest absolute Gasteiger partial charge is 0.493 e. The van der Waals surface area contributed by atoms with Crippen LogP contribution in [0.3, 0.4) is 0 Å². The summed E-state index contributed by atoms with van der Waals surface area (Å²) in [4.78, 5) is 15.9. The Bertz CT molecular complexity index is 791. The zero-order valence-electron chi connectivity index (χ0n) is 15.0. The summed E-state index contributed by atoms with van der Waals surface area (Å²) in [6.45, 7) is 7.85. The van der Waals surface area contributed by atoms with Crippen LogP contribution in [0.1, 0.15) is 39.8 Å². The number of aromatic nitrogens is 1. The molecule has 2 aromatic rings. The van der Waals surface area contributed by atoms with Gasteiger partial charge in [0.15, 0.2) is 0 Å². The smallest absolute Gasteiger partial charge is 0.407 e. The lowest BCUT2D eigenvalue weighted by atomic mass is 10.2. The molecule has 1 heterocycles. The number of nitrogens with one attached hydrogen (secondary N) is 1. The van der Waals surface area contributed by atoms with E-state index in [-0.39, 0.29) is 6.04 Å². The Morgan fingerprint density at radius 2 is 2.08 bits per heavy atom. The molecule has 1 atom stereocenters. The van der Waals surface area contributed by atoms with E-state index in [9.17, 15) is 4.79 Å². The van der Waals surface area contributed by atoms with Crippen LogP contribution in [0.25, 0.3) is 10.9 Å². The number of hydrogen-bond acceptors (Lipinski definition) is 5. The summed E-state index contributed by atoms with van der Waals surface area (Å²) in [5.74, 6) is 0.725. The number of nitriles is 1. The third-order valence-corrected chi connectivity index (χ3v) is 3.36. The maximum atomic E-state index is 11.7. The lowest BCUT2D eigenvalue weighted by Crippen LogP contribution is -2.38. The molecule has 0 aliphatic heterocycles. The molecule has 6 nitrogen and oxygen atoms in total. The highest BCUT2D eigenvalue weighted by Crippen LogP contribution is 2.20. The van der Waals surface area contributed by atoms with Gasteiger partial charge in [0.05, 0.1) is 12.1 Å². The summed E-state index contributed by atoms with van der Waals surface area (Å²) < 4.78 is 11.0. The van der Waals surface area contributed by atoms with Gasteiger partial charge in [-0.1, -0.05) is 0 Å². The van der Waals surface area contributed by atoms with Crippen molar-refractivity contribution in [3.8, 4) is 11.8 Å². The summed E-state index contributed by atoms with van der Waals surface area (Å²) >= 11 is 0. The van der Waals surface area contributed by atoms with E-state index in [1.165, 1.54) is 0 Å². The number of nitrogens with zero attached hydrogens (tertiary/aromatic N) is 2. The molecule has 1 N–H and O–H groups in total. The number of hydrogen-bond donors (Lipinski definition) is 1. The minimum absolute atomic E-state index is 0.0600. The molecule has 0 saturated heterocycles. The topological polar surface area (TPSA) is 84.2 Å². The van der Waals surface area contributed by atoms with Crippen LogP contribution in [-0.2, 0) is 4.74 Å². The monoisotopic (exact) mass is 341 g/mol. The van der Waals surface area contributed by atoms with Crippen LogP contribution in [0.4, 0.5) is 4.79 Å². The first-order chi connectivity index (χ1) is 11.8. The SMILES string of the molecule is CC(CCOc1ccc2nc(C#N)ccc2c1)NC(=O)OC(C)(C)C. The molecule has 0 fully saturated rings. The van der Waals surface area contributed by atoms with E-state index in [2.05, 4.69) is 10.3 Å². The minimum Gasteiger partial charge on any atom is -0.493 e. The van der Waals surface area contributed by atoms with Gasteiger partial charge in [-0.2, -0.15) is 5.26 Å². The average molecular weight is 341 g/mol. The number of benzene rings is 1. The number of rotatable bonds is 5. The normalized spacial score (nSPS) is 12.3. The zero-order valence-corrected chi connectivity index (χ0v) is 15.0. The summed E-state index contributed by atoms with van der Waals surface area (Å²) in [5.41, 5.74) is 0.639. The number of ether oxygens (including phenoxy) is 2. The fourth-order valence-electron chi connectivity index (χ4n) is 2.19. The van der Waals surface area contributed by atoms with Crippen molar-refractivity contribution in [1.29, 1.82) is 5.26 Å². The first-order valence-corrected chi connectivity index (χ1v) is 8.20. The number of carbonyl (C=O) groups is 1. The van der Waals surface area contributed by atoms with Crippen molar-refractivity contribution in [1.82, 2.24) is 10.3 Å². The first-order valence-electron chi connectivity index (χ1n) is 8.20. The predicted octanol–water partition coefficient (Wildman–Crippen LogP) is 3.79. The van der Waals surface area contributed by atoms with Crippen molar-refractivity contribution in [2.24, 2.45) is 0 Å². The zero-order chi connectivity index (χ0) is 18.4. The van der Waals surface area contributed by atoms with Gasteiger partial charge in [-0.3, -0.25) is 0 Å². The van der Waals surface area contributed by atoms with Gasteiger partial charge in [0.2, 0.25) is 0 Å². The molecule has 0 saturated carbocycles. The van der Waals surface area contributed by atoms with E-state index in [0.29, 0.717) is 18.7 Å². The molecule has 0 bridgehead atoms. The third kappa shape index (κ3) is 5.96. The van der Waals surface area contributed by atoms with E-state index in [4.69, 9.17) is 14.7 Å². The lowest BCUT2D eigenvalue weighted by Gasteiger charge is -2.22. The number of amides is 1. The van der Waals surface area contributed by atoms with Crippen LogP contribution in [0.5, 0.6) is 5.75 Å². The Hall–Kier alpha value is -2.81. The molecule has 0 aliphatic carbocycles. The second-order valence-corrected chi connectivity index (χ2v) is 6.85. The lowest BCUT2D eigenvalue weighted by molar-refractivity contribution is 0.0503. The molecule has 1 unspecified atom stereocenters. The van der Waals surface area contributed by atoms with E-state index >= 15 is 0 Å². The van der Waals surface area contributed by atoms with Gasteiger partial charge in [-0.05, 0) is 58.0 Å². The molecule has 2 rings (SSSR count). The highest BCUT2D eigenvalue weighted by Gasteiger charge is 2.17. The van der Waals surface area contributed by atoms with E-state index in [0.717, 1.165) is 16.7 Å². The average Bonchev–Trinajstić information content (AvgIpc) is 2.52. The van der Waals surface area contributed by atoms with Crippen molar-refractivity contribution >= 4 is 17.0 Å². The quantitative estimate of drug-likeness (QED) is 0.894. The molecule has 0 spiro atoms. The standard InChI is InChI=1S/C19H23N3O3/c1-13(21-18(23)25-19(2,3)4)9-10-24-16-7-8-17-14(11-16)5-6-15(12-20)22-17/h5-8,11,13H,9-10H2,1-4H3,(H,21,23). The van der Waals surface area contributed by atoms with E-state index < -0.39 is 11.7 Å². The number of pyridine rings is 1. The molecule has 1 aromatic carbocycles. The molecule has 1 amide bonds. The van der Waals surface area contributed by atoms with Gasteiger partial charge in [-0.25, -0.2) is 9.78 Å². The molecule has 6 heteroatoms. The Morgan fingerprint density at radius 1 is 1.32 bits per heavy atom. The Labute approximate surface area is 147 Å². The molecular formula is C19H23N3O3. The van der Waals surface area contributed by atoms with Gasteiger partial charge in [0.25, 0.3) is 0 Å². The first kappa shape index (κ1) is 18.5. The second kappa shape index (κ2) is 7.84. The summed E-state index contributed by atoms with van der Waals surface area (Å²) in [6, 6.07) is 11.0. The Balaban J connectivity index is 1.84. The summed E-state index contributed by atoms with van der Waals surface area (Å²) in [6.07, 6.45) is 0.230. The van der Waals surface area contributed by atoms with Crippen LogP contribution in [-0.4, -0.2) is 29.3 Å². The molecule has 132 valence electrons. The van der Waals surface area contributed by atoms with Crippen molar-refractivity contribution in [2.45, 2.75) is 45.8 Å². The van der Waals surface area contributed by atoms with Gasteiger partial charge in [-0.15, -0.1) is 0 Å². The van der Waals surface area contributed by atoms with Crippen LogP contribution in [0.15, 0.2) is 30.3 Å².